The summed E-state index contributed by atoms with van der Waals surface area (Å²) in [6.45, 7) is 6.16. The number of rotatable bonds is 2. The van der Waals surface area contributed by atoms with Gasteiger partial charge in [-0.15, -0.1) is 0 Å². The Morgan fingerprint density at radius 1 is 1.31 bits per heavy atom. The van der Waals surface area contributed by atoms with E-state index < -0.39 is 23.5 Å². The molecule has 140 valence electrons. The molecule has 0 saturated carbocycles. The van der Waals surface area contributed by atoms with Crippen LogP contribution in [0.5, 0.6) is 0 Å². The van der Waals surface area contributed by atoms with Gasteiger partial charge in [-0.05, 0) is 50.5 Å². The fourth-order valence-electron chi connectivity index (χ4n) is 3.30. The minimum absolute atomic E-state index is 0.203. The summed E-state index contributed by atoms with van der Waals surface area (Å²) >= 11 is 0. The predicted octanol–water partition coefficient (Wildman–Crippen LogP) is 3.32. The van der Waals surface area contributed by atoms with Crippen molar-refractivity contribution in [3.63, 3.8) is 0 Å². The van der Waals surface area contributed by atoms with E-state index in [2.05, 4.69) is 0 Å². The van der Waals surface area contributed by atoms with Crippen molar-refractivity contribution < 1.29 is 28.6 Å². The van der Waals surface area contributed by atoms with Gasteiger partial charge in [0, 0.05) is 0 Å². The molecule has 2 unspecified atom stereocenters. The highest BCUT2D eigenvalue weighted by atomic mass is 19.1. The summed E-state index contributed by atoms with van der Waals surface area (Å²) in [4.78, 5) is 25.2. The molecule has 1 saturated heterocycles. The van der Waals surface area contributed by atoms with E-state index in [0.717, 1.165) is 5.57 Å². The number of fused-ring (bicyclic) bond motifs is 2. The molecular weight excluding hydrogens is 341 g/mol. The largest absolute Gasteiger partial charge is 0.478 e. The topological polar surface area (TPSA) is 76.1 Å². The van der Waals surface area contributed by atoms with E-state index in [1.54, 1.807) is 11.0 Å². The van der Waals surface area contributed by atoms with Gasteiger partial charge in [-0.25, -0.2) is 14.0 Å². The van der Waals surface area contributed by atoms with Crippen molar-refractivity contribution in [1.82, 2.24) is 4.90 Å². The van der Waals surface area contributed by atoms with Crippen molar-refractivity contribution >= 4 is 17.6 Å². The zero-order valence-electron chi connectivity index (χ0n) is 15.0. The predicted molar refractivity (Wildman–Crippen MR) is 92.4 cm³/mol. The second-order valence-electron chi connectivity index (χ2n) is 7.54. The van der Waals surface area contributed by atoms with Gasteiger partial charge in [0.05, 0.1) is 30.9 Å². The molecule has 1 amide bonds. The number of carbonyl (C=O) groups is 2. The molecule has 0 aromatic heterocycles. The maximum Gasteiger partial charge on any atom is 0.411 e. The van der Waals surface area contributed by atoms with Gasteiger partial charge in [0.15, 0.2) is 0 Å². The third-order valence-electron chi connectivity index (χ3n) is 4.37. The van der Waals surface area contributed by atoms with Gasteiger partial charge in [-0.2, -0.15) is 0 Å². The van der Waals surface area contributed by atoms with E-state index >= 15 is 0 Å². The maximum absolute atomic E-state index is 14.0. The first kappa shape index (κ1) is 18.4. The van der Waals surface area contributed by atoms with Crippen LogP contribution in [0.2, 0.25) is 0 Å². The fourth-order valence-corrected chi connectivity index (χ4v) is 3.30. The van der Waals surface area contributed by atoms with Crippen LogP contribution in [0.1, 0.15) is 43.1 Å². The Bertz CT molecular complexity index is 768. The zero-order chi connectivity index (χ0) is 19.1. The first-order valence-corrected chi connectivity index (χ1v) is 8.48. The number of benzene rings is 1. The first-order valence-electron chi connectivity index (χ1n) is 8.48. The second kappa shape index (κ2) is 6.72. The summed E-state index contributed by atoms with van der Waals surface area (Å²) in [6, 6.07) is 3.59. The molecule has 1 fully saturated rings. The van der Waals surface area contributed by atoms with Crippen LogP contribution in [0.15, 0.2) is 24.3 Å². The highest BCUT2D eigenvalue weighted by Gasteiger charge is 2.40. The van der Waals surface area contributed by atoms with Crippen LogP contribution in [-0.4, -0.2) is 53.0 Å². The third kappa shape index (κ3) is 3.72. The molecule has 26 heavy (non-hydrogen) atoms. The van der Waals surface area contributed by atoms with Crippen molar-refractivity contribution in [1.29, 1.82) is 0 Å². The SMILES string of the molecule is CC(C)(C)OC(=O)N1C2C=C(c3ccc(C(=O)O)c(F)c3)CC1COC2. The lowest BCUT2D eigenvalue weighted by molar-refractivity contribution is -0.0510. The molecule has 2 heterocycles. The maximum atomic E-state index is 14.0. The van der Waals surface area contributed by atoms with Gasteiger partial charge in [-0.1, -0.05) is 12.1 Å². The van der Waals surface area contributed by atoms with Crippen LogP contribution in [0, 0.1) is 5.82 Å². The molecule has 2 bridgehead atoms. The lowest BCUT2D eigenvalue weighted by Crippen LogP contribution is -2.57. The van der Waals surface area contributed by atoms with Gasteiger partial charge in [-0.3, -0.25) is 4.90 Å². The van der Waals surface area contributed by atoms with E-state index in [9.17, 15) is 14.0 Å². The van der Waals surface area contributed by atoms with Gasteiger partial charge in [0.2, 0.25) is 0 Å². The molecule has 6 nitrogen and oxygen atoms in total. The first-order chi connectivity index (χ1) is 12.2. The Morgan fingerprint density at radius 3 is 2.62 bits per heavy atom. The number of hydrogen-bond acceptors (Lipinski definition) is 4. The van der Waals surface area contributed by atoms with Crippen LogP contribution >= 0.6 is 0 Å². The van der Waals surface area contributed by atoms with Crippen LogP contribution in [0.4, 0.5) is 9.18 Å². The number of ether oxygens (including phenoxy) is 2. The average molecular weight is 363 g/mol. The fraction of sp³-hybridized carbons (Fsp3) is 0.474. The molecule has 0 spiro atoms. The Labute approximate surface area is 151 Å². The molecule has 2 atom stereocenters. The average Bonchev–Trinajstić information content (AvgIpc) is 2.51. The van der Waals surface area contributed by atoms with Crippen LogP contribution < -0.4 is 0 Å². The number of nitrogens with zero attached hydrogens (tertiary/aromatic N) is 1. The Hall–Kier alpha value is -2.41. The number of carboxylic acid groups (broad SMARTS) is 1. The quantitative estimate of drug-likeness (QED) is 0.872. The minimum Gasteiger partial charge on any atom is -0.478 e. The molecule has 7 heteroatoms. The zero-order valence-corrected chi connectivity index (χ0v) is 15.0. The second-order valence-corrected chi connectivity index (χ2v) is 7.54. The summed E-state index contributed by atoms with van der Waals surface area (Å²) in [7, 11) is 0. The molecule has 1 aromatic rings. The molecule has 0 radical (unpaired) electrons. The Balaban J connectivity index is 1.87. The molecule has 1 aromatic carbocycles. The van der Waals surface area contributed by atoms with Crippen LogP contribution in [0.3, 0.4) is 0 Å². The number of halogens is 1. The molecule has 1 N–H and O–H groups in total. The normalized spacial score (nSPS) is 22.6. The van der Waals surface area contributed by atoms with Crippen LogP contribution in [-0.2, 0) is 9.47 Å². The third-order valence-corrected chi connectivity index (χ3v) is 4.37. The highest BCUT2D eigenvalue weighted by Crippen LogP contribution is 2.34. The van der Waals surface area contributed by atoms with Crippen molar-refractivity contribution in [2.75, 3.05) is 13.2 Å². The lowest BCUT2D eigenvalue weighted by atomic mass is 9.89. The minimum atomic E-state index is -1.30. The van der Waals surface area contributed by atoms with E-state index in [1.165, 1.54) is 12.1 Å². The van der Waals surface area contributed by atoms with Crippen molar-refractivity contribution in [3.05, 3.63) is 41.2 Å². The lowest BCUT2D eigenvalue weighted by Gasteiger charge is -2.44. The van der Waals surface area contributed by atoms with Gasteiger partial charge in [0.25, 0.3) is 0 Å². The van der Waals surface area contributed by atoms with Gasteiger partial charge < -0.3 is 14.6 Å². The van der Waals surface area contributed by atoms with E-state index in [-0.39, 0.29) is 17.6 Å². The number of aromatic carboxylic acids is 1. The Morgan fingerprint density at radius 2 is 2.04 bits per heavy atom. The number of hydrogen-bond donors (Lipinski definition) is 1. The van der Waals surface area contributed by atoms with Crippen LogP contribution in [0.25, 0.3) is 5.57 Å². The Kier molecular flexibility index (Phi) is 4.75. The summed E-state index contributed by atoms with van der Waals surface area (Å²) in [5.74, 6) is -2.07. The molecule has 2 aliphatic rings. The number of amides is 1. The van der Waals surface area contributed by atoms with Gasteiger partial charge >= 0.3 is 12.1 Å². The number of carbonyl (C=O) groups excluding carboxylic acids is 1. The number of morpholine rings is 1. The van der Waals surface area contributed by atoms with Crippen molar-refractivity contribution in [2.24, 2.45) is 0 Å². The molecule has 2 aliphatic heterocycles. The monoisotopic (exact) mass is 363 g/mol. The summed E-state index contributed by atoms with van der Waals surface area (Å²) < 4.78 is 25.1. The van der Waals surface area contributed by atoms with Crippen molar-refractivity contribution in [3.8, 4) is 0 Å². The number of carboxylic acids is 1. The van der Waals surface area contributed by atoms with E-state index in [4.69, 9.17) is 14.6 Å². The highest BCUT2D eigenvalue weighted by molar-refractivity contribution is 5.88. The van der Waals surface area contributed by atoms with Gasteiger partial charge in [0.1, 0.15) is 11.4 Å². The standard InChI is InChI=1S/C19H22FNO5/c1-19(2,3)26-18(24)21-13-6-12(7-14(21)10-25-9-13)11-4-5-15(17(22)23)16(20)8-11/h4-6,8,13-14H,7,9-10H2,1-3H3,(H,22,23). The summed E-state index contributed by atoms with van der Waals surface area (Å²) in [6.07, 6.45) is 1.97. The summed E-state index contributed by atoms with van der Waals surface area (Å²) in [5.41, 5.74) is 0.544. The van der Waals surface area contributed by atoms with E-state index in [1.807, 2.05) is 26.8 Å². The van der Waals surface area contributed by atoms with Crippen molar-refractivity contribution in [2.45, 2.75) is 44.9 Å². The molecular formula is C19H22FNO5. The van der Waals surface area contributed by atoms with E-state index in [0.29, 0.717) is 25.2 Å². The molecule has 0 aliphatic carbocycles. The smallest absolute Gasteiger partial charge is 0.411 e. The summed E-state index contributed by atoms with van der Waals surface area (Å²) in [5, 5.41) is 8.96. The molecule has 3 rings (SSSR count).